The van der Waals surface area contributed by atoms with E-state index in [2.05, 4.69) is 65.6 Å². The van der Waals surface area contributed by atoms with E-state index in [0.717, 1.165) is 22.9 Å². The van der Waals surface area contributed by atoms with Gasteiger partial charge in [0.05, 0.1) is 0 Å². The van der Waals surface area contributed by atoms with Crippen LogP contribution in [-0.2, 0) is 0 Å². The van der Waals surface area contributed by atoms with E-state index in [0.29, 0.717) is 5.95 Å². The van der Waals surface area contributed by atoms with Crippen LogP contribution in [-0.4, -0.2) is 9.97 Å². The summed E-state index contributed by atoms with van der Waals surface area (Å²) in [6.45, 7) is 8.25. The molecule has 3 rings (SSSR count). The standard InChI is InChI=1S/C20H22N4/c1-13-8-10-17(11-9-13)22-20-21-15(3)12-19(24-20)23-18-7-5-6-14(2)16(18)4/h5-12H,1-4H3,(H2,21,22,23,24). The summed E-state index contributed by atoms with van der Waals surface area (Å²) in [6, 6.07) is 16.3. The molecule has 4 nitrogen and oxygen atoms in total. The monoisotopic (exact) mass is 318 g/mol. The van der Waals surface area contributed by atoms with Crippen molar-refractivity contribution in [3.63, 3.8) is 0 Å². The Balaban J connectivity index is 1.86. The molecule has 1 aromatic heterocycles. The third kappa shape index (κ3) is 3.71. The van der Waals surface area contributed by atoms with Crippen LogP contribution in [0, 0.1) is 27.7 Å². The van der Waals surface area contributed by atoms with Gasteiger partial charge in [-0.25, -0.2) is 4.98 Å². The minimum Gasteiger partial charge on any atom is -0.340 e. The third-order valence-electron chi connectivity index (χ3n) is 4.03. The first kappa shape index (κ1) is 16.0. The summed E-state index contributed by atoms with van der Waals surface area (Å²) >= 11 is 0. The molecule has 0 saturated heterocycles. The molecule has 0 amide bonds. The molecular weight excluding hydrogens is 296 g/mol. The van der Waals surface area contributed by atoms with E-state index in [-0.39, 0.29) is 0 Å². The second kappa shape index (κ2) is 6.71. The molecule has 4 heteroatoms. The summed E-state index contributed by atoms with van der Waals surface area (Å²) in [6.07, 6.45) is 0. The molecular formula is C20H22N4. The number of rotatable bonds is 4. The van der Waals surface area contributed by atoms with Crippen LogP contribution in [0.15, 0.2) is 48.5 Å². The lowest BCUT2D eigenvalue weighted by atomic mass is 10.1. The van der Waals surface area contributed by atoms with E-state index in [1.165, 1.54) is 16.7 Å². The normalized spacial score (nSPS) is 10.5. The molecule has 24 heavy (non-hydrogen) atoms. The van der Waals surface area contributed by atoms with E-state index in [4.69, 9.17) is 0 Å². The zero-order valence-electron chi connectivity index (χ0n) is 14.5. The molecule has 122 valence electrons. The molecule has 0 aliphatic rings. The highest BCUT2D eigenvalue weighted by molar-refractivity contribution is 5.64. The van der Waals surface area contributed by atoms with Crippen molar-refractivity contribution in [1.82, 2.24) is 9.97 Å². The number of nitrogens with zero attached hydrogens (tertiary/aromatic N) is 2. The van der Waals surface area contributed by atoms with Crippen molar-refractivity contribution in [3.8, 4) is 0 Å². The smallest absolute Gasteiger partial charge is 0.229 e. The van der Waals surface area contributed by atoms with Crippen LogP contribution in [0.3, 0.4) is 0 Å². The van der Waals surface area contributed by atoms with Crippen molar-refractivity contribution in [2.24, 2.45) is 0 Å². The number of aromatic nitrogens is 2. The lowest BCUT2D eigenvalue weighted by Gasteiger charge is -2.13. The van der Waals surface area contributed by atoms with Gasteiger partial charge in [0.1, 0.15) is 5.82 Å². The second-order valence-electron chi connectivity index (χ2n) is 6.08. The van der Waals surface area contributed by atoms with E-state index < -0.39 is 0 Å². The summed E-state index contributed by atoms with van der Waals surface area (Å²) in [7, 11) is 0. The number of hydrogen-bond acceptors (Lipinski definition) is 4. The van der Waals surface area contributed by atoms with Crippen LogP contribution in [0.4, 0.5) is 23.1 Å². The fraction of sp³-hybridized carbons (Fsp3) is 0.200. The predicted molar refractivity (Wildman–Crippen MR) is 100 cm³/mol. The molecule has 3 aromatic rings. The molecule has 0 radical (unpaired) electrons. The minimum atomic E-state index is 0.589. The maximum atomic E-state index is 4.58. The van der Waals surface area contributed by atoms with Gasteiger partial charge in [-0.3, -0.25) is 0 Å². The first-order valence-corrected chi connectivity index (χ1v) is 8.04. The van der Waals surface area contributed by atoms with Crippen LogP contribution in [0.25, 0.3) is 0 Å². The molecule has 1 heterocycles. The van der Waals surface area contributed by atoms with E-state index >= 15 is 0 Å². The van der Waals surface area contributed by atoms with E-state index in [9.17, 15) is 0 Å². The molecule has 0 aliphatic carbocycles. The molecule has 0 spiro atoms. The molecule has 2 aromatic carbocycles. The average molecular weight is 318 g/mol. The lowest BCUT2D eigenvalue weighted by molar-refractivity contribution is 1.11. The first-order chi connectivity index (χ1) is 11.5. The van der Waals surface area contributed by atoms with Gasteiger partial charge in [-0.15, -0.1) is 0 Å². The van der Waals surface area contributed by atoms with Crippen molar-refractivity contribution >= 4 is 23.1 Å². The first-order valence-electron chi connectivity index (χ1n) is 8.04. The minimum absolute atomic E-state index is 0.589. The van der Waals surface area contributed by atoms with Crippen LogP contribution in [0.1, 0.15) is 22.4 Å². The molecule has 0 bridgehead atoms. The largest absolute Gasteiger partial charge is 0.340 e. The van der Waals surface area contributed by atoms with Gasteiger partial charge in [0.25, 0.3) is 0 Å². The SMILES string of the molecule is Cc1ccc(Nc2nc(C)cc(Nc3cccc(C)c3C)n2)cc1. The van der Waals surface area contributed by atoms with Crippen molar-refractivity contribution in [2.45, 2.75) is 27.7 Å². The summed E-state index contributed by atoms with van der Waals surface area (Å²) in [4.78, 5) is 9.05. The number of anilines is 4. The topological polar surface area (TPSA) is 49.8 Å². The number of benzene rings is 2. The molecule has 0 aliphatic heterocycles. The van der Waals surface area contributed by atoms with Crippen molar-refractivity contribution in [3.05, 3.63) is 70.9 Å². The van der Waals surface area contributed by atoms with Crippen molar-refractivity contribution in [1.29, 1.82) is 0 Å². The van der Waals surface area contributed by atoms with Gasteiger partial charge in [0, 0.05) is 23.1 Å². The van der Waals surface area contributed by atoms with Gasteiger partial charge >= 0.3 is 0 Å². The predicted octanol–water partition coefficient (Wildman–Crippen LogP) is 5.20. The Morgan fingerprint density at radius 1 is 0.792 bits per heavy atom. The van der Waals surface area contributed by atoms with Crippen LogP contribution >= 0.6 is 0 Å². The molecule has 0 fully saturated rings. The molecule has 2 N–H and O–H groups in total. The lowest BCUT2D eigenvalue weighted by Crippen LogP contribution is -2.03. The molecule has 0 atom stereocenters. The van der Waals surface area contributed by atoms with Gasteiger partial charge < -0.3 is 10.6 Å². The summed E-state index contributed by atoms with van der Waals surface area (Å²) in [5, 5.41) is 6.66. The van der Waals surface area contributed by atoms with Crippen molar-refractivity contribution in [2.75, 3.05) is 10.6 Å². The Morgan fingerprint density at radius 2 is 1.54 bits per heavy atom. The summed E-state index contributed by atoms with van der Waals surface area (Å²) in [5.41, 5.74) is 6.65. The Morgan fingerprint density at radius 3 is 2.29 bits per heavy atom. The molecule has 0 saturated carbocycles. The number of aryl methyl sites for hydroxylation is 3. The highest BCUT2D eigenvalue weighted by atomic mass is 15.1. The maximum absolute atomic E-state index is 4.58. The molecule has 0 unspecified atom stereocenters. The van der Waals surface area contributed by atoms with Crippen molar-refractivity contribution < 1.29 is 0 Å². The zero-order valence-corrected chi connectivity index (χ0v) is 14.5. The fourth-order valence-corrected chi connectivity index (χ4v) is 2.48. The summed E-state index contributed by atoms with van der Waals surface area (Å²) in [5.74, 6) is 1.37. The van der Waals surface area contributed by atoms with Gasteiger partial charge in [0.15, 0.2) is 0 Å². The highest BCUT2D eigenvalue weighted by Gasteiger charge is 2.06. The second-order valence-corrected chi connectivity index (χ2v) is 6.08. The summed E-state index contributed by atoms with van der Waals surface area (Å²) < 4.78 is 0. The van der Waals surface area contributed by atoms with Crippen LogP contribution < -0.4 is 10.6 Å². The highest BCUT2D eigenvalue weighted by Crippen LogP contribution is 2.23. The van der Waals surface area contributed by atoms with Gasteiger partial charge in [-0.05, 0) is 57.0 Å². The van der Waals surface area contributed by atoms with Gasteiger partial charge in [0.2, 0.25) is 5.95 Å². The third-order valence-corrected chi connectivity index (χ3v) is 4.03. The van der Waals surface area contributed by atoms with Crippen LogP contribution in [0.2, 0.25) is 0 Å². The van der Waals surface area contributed by atoms with Crippen LogP contribution in [0.5, 0.6) is 0 Å². The number of hydrogen-bond donors (Lipinski definition) is 2. The Labute approximate surface area is 143 Å². The Kier molecular flexibility index (Phi) is 4.47. The quantitative estimate of drug-likeness (QED) is 0.694. The van der Waals surface area contributed by atoms with E-state index in [1.54, 1.807) is 0 Å². The van der Waals surface area contributed by atoms with Gasteiger partial charge in [-0.2, -0.15) is 4.98 Å². The zero-order chi connectivity index (χ0) is 17.1. The maximum Gasteiger partial charge on any atom is 0.229 e. The average Bonchev–Trinajstić information content (AvgIpc) is 2.54. The Hall–Kier alpha value is -2.88. The van der Waals surface area contributed by atoms with E-state index in [1.807, 2.05) is 31.2 Å². The fourth-order valence-electron chi connectivity index (χ4n) is 2.48. The number of nitrogens with one attached hydrogen (secondary N) is 2. The van der Waals surface area contributed by atoms with Gasteiger partial charge in [-0.1, -0.05) is 29.8 Å². The Bertz CT molecular complexity index is 854.